The van der Waals surface area contributed by atoms with E-state index in [4.69, 9.17) is 0 Å². The molecule has 0 aromatic carbocycles. The maximum Gasteiger partial charge on any atom is 0.221 e. The van der Waals surface area contributed by atoms with Gasteiger partial charge in [0, 0.05) is 12.6 Å². The molecule has 0 aliphatic heterocycles. The normalized spacial score (nSPS) is 9.50. The molecule has 70 valence electrons. The second-order valence-corrected chi connectivity index (χ2v) is 1.95. The number of rotatable bonds is 3. The van der Waals surface area contributed by atoms with Crippen molar-refractivity contribution in [1.29, 1.82) is 0 Å². The highest BCUT2D eigenvalue weighted by atomic mass is 16.1. The van der Waals surface area contributed by atoms with E-state index >= 15 is 0 Å². The van der Waals surface area contributed by atoms with Crippen LogP contribution in [0.2, 0.25) is 0 Å². The molecule has 1 amide bonds. The van der Waals surface area contributed by atoms with E-state index < -0.39 is 0 Å². The van der Waals surface area contributed by atoms with E-state index in [0.717, 1.165) is 12.1 Å². The largest absolute Gasteiger partial charge is 0.327 e. The van der Waals surface area contributed by atoms with E-state index in [0.29, 0.717) is 0 Å². The lowest BCUT2D eigenvalue weighted by Gasteiger charge is -1.99. The fourth-order valence-corrected chi connectivity index (χ4v) is 0.609. The third-order valence-electron chi connectivity index (χ3n) is 0.964. The average molecular weight is 169 g/mol. The lowest BCUT2D eigenvalue weighted by Crippen LogP contribution is -2.17. The summed E-state index contributed by atoms with van der Waals surface area (Å²) < 4.78 is 0. The minimum Gasteiger partial charge on any atom is -0.327 e. The van der Waals surface area contributed by atoms with Gasteiger partial charge in [-0.05, 0) is 12.5 Å². The van der Waals surface area contributed by atoms with E-state index in [2.05, 4.69) is 11.9 Å². The lowest BCUT2D eigenvalue weighted by molar-refractivity contribution is -0.118. The molecule has 2 heteroatoms. The number of allylic oxidation sites excluding steroid dienone is 2. The van der Waals surface area contributed by atoms with Gasteiger partial charge in [0.05, 0.1) is 0 Å². The van der Waals surface area contributed by atoms with Crippen LogP contribution in [0.1, 0.15) is 34.1 Å². The maximum atomic E-state index is 10.5. The number of carbonyl (C=O) groups is 1. The third kappa shape index (κ3) is 8.95. The first-order valence-electron chi connectivity index (χ1n) is 4.31. The molecule has 1 N–H and O–H groups in total. The van der Waals surface area contributed by atoms with Gasteiger partial charge in [-0.2, -0.15) is 0 Å². The molecule has 0 aliphatic rings. The summed E-state index contributed by atoms with van der Waals surface area (Å²) in [6, 6.07) is 0. The highest BCUT2D eigenvalue weighted by Crippen LogP contribution is 1.91. The molecule has 12 heavy (non-hydrogen) atoms. The van der Waals surface area contributed by atoms with Crippen molar-refractivity contribution in [2.24, 2.45) is 0 Å². The number of hydrogen-bond donors (Lipinski definition) is 1. The molecule has 0 heterocycles. The molecule has 0 radical (unpaired) electrons. The van der Waals surface area contributed by atoms with Gasteiger partial charge in [0.15, 0.2) is 0 Å². The molecule has 0 spiro atoms. The first-order chi connectivity index (χ1) is 5.70. The highest BCUT2D eigenvalue weighted by molar-refractivity contribution is 5.75. The average Bonchev–Trinajstić information content (AvgIpc) is 2.07. The van der Waals surface area contributed by atoms with Crippen molar-refractivity contribution in [1.82, 2.24) is 5.32 Å². The lowest BCUT2D eigenvalue weighted by atomic mass is 10.3. The van der Waals surface area contributed by atoms with Crippen molar-refractivity contribution in [3.8, 4) is 0 Å². The Bertz CT molecular complexity index is 159. The molecule has 0 bridgehead atoms. The fourth-order valence-electron chi connectivity index (χ4n) is 0.609. The van der Waals surface area contributed by atoms with Crippen molar-refractivity contribution in [3.63, 3.8) is 0 Å². The first kappa shape index (κ1) is 13.5. The van der Waals surface area contributed by atoms with Crippen molar-refractivity contribution in [3.05, 3.63) is 24.4 Å². The van der Waals surface area contributed by atoms with Crippen molar-refractivity contribution in [2.45, 2.75) is 34.1 Å². The van der Waals surface area contributed by atoms with Crippen LogP contribution in [0, 0.1) is 0 Å². The molecule has 0 rings (SSSR count). The van der Waals surface area contributed by atoms with Gasteiger partial charge in [0.2, 0.25) is 5.91 Å². The molecular weight excluding hydrogens is 150 g/mol. The molecular formula is C10H19NO. The minimum absolute atomic E-state index is 0.0559. The molecule has 0 aromatic rings. The molecule has 0 fully saturated rings. The van der Waals surface area contributed by atoms with Crippen LogP contribution >= 0.6 is 0 Å². The van der Waals surface area contributed by atoms with Gasteiger partial charge in [-0.3, -0.25) is 4.79 Å². The number of amides is 1. The Morgan fingerprint density at radius 1 is 1.50 bits per heavy atom. The summed E-state index contributed by atoms with van der Waals surface area (Å²) in [4.78, 5) is 10.5. The molecule has 0 saturated carbocycles. The Kier molecular flexibility index (Phi) is 11.2. The van der Waals surface area contributed by atoms with Crippen LogP contribution in [0.15, 0.2) is 24.4 Å². The summed E-state index contributed by atoms with van der Waals surface area (Å²) in [5.74, 6) is -0.0559. The van der Waals surface area contributed by atoms with Crippen LogP contribution in [0.5, 0.6) is 0 Å². The molecule has 0 saturated heterocycles. The van der Waals surface area contributed by atoms with Crippen LogP contribution < -0.4 is 5.32 Å². The van der Waals surface area contributed by atoms with E-state index in [-0.39, 0.29) is 5.91 Å². The summed E-state index contributed by atoms with van der Waals surface area (Å²) in [6.45, 7) is 11.0. The van der Waals surface area contributed by atoms with Crippen molar-refractivity contribution in [2.75, 3.05) is 0 Å². The van der Waals surface area contributed by atoms with E-state index in [1.165, 1.54) is 6.92 Å². The Hall–Kier alpha value is -1.05. The molecule has 0 unspecified atom stereocenters. The number of hydrogen-bond acceptors (Lipinski definition) is 1. The highest BCUT2D eigenvalue weighted by Gasteiger charge is 1.91. The summed E-state index contributed by atoms with van der Waals surface area (Å²) >= 11 is 0. The van der Waals surface area contributed by atoms with Crippen LogP contribution in [0.25, 0.3) is 0 Å². The zero-order valence-corrected chi connectivity index (χ0v) is 8.48. The Balaban J connectivity index is 0. The van der Waals surface area contributed by atoms with Gasteiger partial charge >= 0.3 is 0 Å². The summed E-state index contributed by atoms with van der Waals surface area (Å²) in [7, 11) is 0. The second kappa shape index (κ2) is 9.95. The number of nitrogens with one attached hydrogen (secondary N) is 1. The van der Waals surface area contributed by atoms with Gasteiger partial charge in [0.1, 0.15) is 0 Å². The van der Waals surface area contributed by atoms with E-state index in [1.807, 2.05) is 26.8 Å². The number of carbonyl (C=O) groups excluding carboxylic acids is 1. The Labute approximate surface area is 75.4 Å². The van der Waals surface area contributed by atoms with Gasteiger partial charge in [0.25, 0.3) is 0 Å². The predicted octanol–water partition coefficient (Wildman–Crippen LogP) is 2.63. The van der Waals surface area contributed by atoms with Gasteiger partial charge in [-0.25, -0.2) is 0 Å². The van der Waals surface area contributed by atoms with Crippen molar-refractivity contribution >= 4 is 5.91 Å². The summed E-state index contributed by atoms with van der Waals surface area (Å²) in [6.07, 6.45) is 4.45. The predicted molar refractivity (Wildman–Crippen MR) is 53.7 cm³/mol. The molecule has 2 nitrogen and oxygen atoms in total. The summed E-state index contributed by atoms with van der Waals surface area (Å²) in [5.41, 5.74) is 0.787. The maximum absolute atomic E-state index is 10.5. The molecule has 0 aromatic heterocycles. The second-order valence-electron chi connectivity index (χ2n) is 1.95. The van der Waals surface area contributed by atoms with Crippen LogP contribution in [-0.4, -0.2) is 5.91 Å². The Morgan fingerprint density at radius 3 is 2.25 bits per heavy atom. The van der Waals surface area contributed by atoms with E-state index in [1.54, 1.807) is 6.08 Å². The smallest absolute Gasteiger partial charge is 0.221 e. The van der Waals surface area contributed by atoms with Crippen molar-refractivity contribution < 1.29 is 4.79 Å². The van der Waals surface area contributed by atoms with Gasteiger partial charge in [-0.1, -0.05) is 33.4 Å². The molecule has 0 aliphatic carbocycles. The van der Waals surface area contributed by atoms with Crippen LogP contribution in [0.3, 0.4) is 0 Å². The standard InChI is InChI=1S/C8H13NO.C2H6/c1-4-6-8(5-2)9-7(3)10;1-2/h5-6H,2,4H2,1,3H3,(H,9,10);1-2H3/b8-6+;. The van der Waals surface area contributed by atoms with Gasteiger partial charge < -0.3 is 5.32 Å². The zero-order valence-electron chi connectivity index (χ0n) is 8.48. The van der Waals surface area contributed by atoms with Gasteiger partial charge in [-0.15, -0.1) is 0 Å². The van der Waals surface area contributed by atoms with Crippen LogP contribution in [0.4, 0.5) is 0 Å². The third-order valence-corrected chi connectivity index (χ3v) is 0.964. The summed E-state index contributed by atoms with van der Waals surface area (Å²) in [5, 5.41) is 2.63. The fraction of sp³-hybridized carbons (Fsp3) is 0.500. The SMILES string of the molecule is C=C/C(=C\CC)NC(C)=O.CC. The van der Waals surface area contributed by atoms with Crippen LogP contribution in [-0.2, 0) is 4.79 Å². The molecule has 0 atom stereocenters. The Morgan fingerprint density at radius 2 is 2.00 bits per heavy atom. The zero-order chi connectivity index (χ0) is 9.98. The minimum atomic E-state index is -0.0559. The quantitative estimate of drug-likeness (QED) is 0.646. The first-order valence-corrected chi connectivity index (χ1v) is 4.31. The van der Waals surface area contributed by atoms with E-state index in [9.17, 15) is 4.79 Å². The topological polar surface area (TPSA) is 29.1 Å². The monoisotopic (exact) mass is 169 g/mol.